The van der Waals surface area contributed by atoms with E-state index in [1.54, 1.807) is 35.7 Å². The molecule has 0 atom stereocenters. The predicted octanol–water partition coefficient (Wildman–Crippen LogP) is 2.42. The van der Waals surface area contributed by atoms with E-state index >= 15 is 0 Å². The second kappa shape index (κ2) is 5.99. The summed E-state index contributed by atoms with van der Waals surface area (Å²) in [6.45, 7) is 0. The highest BCUT2D eigenvalue weighted by atomic mass is 32.2. The van der Waals surface area contributed by atoms with Crippen LogP contribution in [0.5, 0.6) is 0 Å². The number of hydrogen-bond donors (Lipinski definition) is 0. The molecule has 2 rings (SSSR count). The van der Waals surface area contributed by atoms with Crippen LogP contribution in [0.4, 0.5) is 0 Å². The van der Waals surface area contributed by atoms with Gasteiger partial charge in [-0.15, -0.1) is 11.3 Å². The highest BCUT2D eigenvalue weighted by Gasteiger charge is 2.19. The van der Waals surface area contributed by atoms with Crippen molar-refractivity contribution in [2.75, 3.05) is 5.75 Å². The van der Waals surface area contributed by atoms with Crippen LogP contribution in [0.15, 0.2) is 41.8 Å². The van der Waals surface area contributed by atoms with Gasteiger partial charge in [0.1, 0.15) is 5.75 Å². The number of Topliss-reactive ketones (excluding diaryl/α,β-unsaturated/α-hetero) is 1. The summed E-state index contributed by atoms with van der Waals surface area (Å²) in [5, 5.41) is 10.5. The molecule has 0 N–H and O–H groups in total. The Labute approximate surface area is 121 Å². The van der Waals surface area contributed by atoms with Gasteiger partial charge in [-0.05, 0) is 29.1 Å². The number of carbonyl (C=O) groups is 1. The quantitative estimate of drug-likeness (QED) is 0.795. The molecule has 6 heteroatoms. The first-order valence-electron chi connectivity index (χ1n) is 5.76. The molecule has 1 aromatic heterocycles. The van der Waals surface area contributed by atoms with Gasteiger partial charge < -0.3 is 0 Å². The van der Waals surface area contributed by atoms with Crippen LogP contribution in [-0.2, 0) is 15.6 Å². The fraction of sp³-hybridized carbons (Fsp3) is 0.143. The van der Waals surface area contributed by atoms with Crippen LogP contribution in [0.25, 0.3) is 0 Å². The van der Waals surface area contributed by atoms with Crippen LogP contribution in [0.2, 0.25) is 0 Å². The lowest BCUT2D eigenvalue weighted by Gasteiger charge is -2.03. The second-order valence-corrected chi connectivity index (χ2v) is 7.26. The van der Waals surface area contributed by atoms with E-state index in [0.717, 1.165) is 0 Å². The summed E-state index contributed by atoms with van der Waals surface area (Å²) in [5.41, 5.74) is 0.922. The van der Waals surface area contributed by atoms with E-state index in [9.17, 15) is 13.2 Å². The van der Waals surface area contributed by atoms with Crippen LogP contribution in [-0.4, -0.2) is 20.0 Å². The van der Waals surface area contributed by atoms with E-state index in [1.807, 2.05) is 6.07 Å². The lowest BCUT2D eigenvalue weighted by molar-refractivity contribution is 0.102. The Hall–Kier alpha value is -1.97. The molecular formula is C14H11NO3S2. The fourth-order valence-electron chi connectivity index (χ4n) is 1.74. The fourth-order valence-corrected chi connectivity index (χ4v) is 3.84. The molecular weight excluding hydrogens is 294 g/mol. The zero-order valence-corrected chi connectivity index (χ0v) is 12.1. The van der Waals surface area contributed by atoms with Gasteiger partial charge in [0, 0.05) is 0 Å². The summed E-state index contributed by atoms with van der Waals surface area (Å²) < 4.78 is 24.0. The van der Waals surface area contributed by atoms with Gasteiger partial charge in [-0.3, -0.25) is 4.79 Å². The van der Waals surface area contributed by atoms with E-state index in [4.69, 9.17) is 5.26 Å². The monoisotopic (exact) mass is 305 g/mol. The molecule has 0 radical (unpaired) electrons. The summed E-state index contributed by atoms with van der Waals surface area (Å²) in [6.07, 6.45) is 0. The van der Waals surface area contributed by atoms with Gasteiger partial charge >= 0.3 is 0 Å². The molecule has 0 aliphatic rings. The van der Waals surface area contributed by atoms with E-state index < -0.39 is 21.4 Å². The van der Waals surface area contributed by atoms with Crippen molar-refractivity contribution in [1.82, 2.24) is 0 Å². The molecule has 1 heterocycles. The number of ketones is 1. The average molecular weight is 305 g/mol. The van der Waals surface area contributed by atoms with Crippen molar-refractivity contribution in [2.24, 2.45) is 0 Å². The first-order chi connectivity index (χ1) is 9.50. The SMILES string of the molecule is N#Cc1cccc(CS(=O)(=O)CC(=O)c2cccs2)c1. The molecule has 102 valence electrons. The maximum absolute atomic E-state index is 12.0. The Morgan fingerprint density at radius 3 is 2.70 bits per heavy atom. The molecule has 0 aliphatic heterocycles. The van der Waals surface area contributed by atoms with E-state index in [-0.39, 0.29) is 5.75 Å². The minimum atomic E-state index is -3.54. The molecule has 1 aromatic carbocycles. The number of carbonyl (C=O) groups excluding carboxylic acids is 1. The molecule has 0 saturated carbocycles. The van der Waals surface area contributed by atoms with Gasteiger partial charge in [-0.1, -0.05) is 18.2 Å². The van der Waals surface area contributed by atoms with Gasteiger partial charge in [-0.2, -0.15) is 5.26 Å². The van der Waals surface area contributed by atoms with Crippen molar-refractivity contribution >= 4 is 27.0 Å². The second-order valence-electron chi connectivity index (χ2n) is 4.24. The minimum absolute atomic E-state index is 0.236. The molecule has 0 saturated heterocycles. The standard InChI is InChI=1S/C14H11NO3S2/c15-8-11-3-1-4-12(7-11)9-20(17,18)10-13(16)14-5-2-6-19-14/h1-7H,9-10H2. The van der Waals surface area contributed by atoms with E-state index in [2.05, 4.69) is 0 Å². The Morgan fingerprint density at radius 2 is 2.05 bits per heavy atom. The topological polar surface area (TPSA) is 75.0 Å². The number of thiophene rings is 1. The summed E-state index contributed by atoms with van der Waals surface area (Å²) in [6, 6.07) is 11.7. The number of rotatable bonds is 5. The maximum atomic E-state index is 12.0. The highest BCUT2D eigenvalue weighted by molar-refractivity contribution is 7.91. The number of sulfone groups is 1. The van der Waals surface area contributed by atoms with Crippen molar-refractivity contribution in [3.63, 3.8) is 0 Å². The minimum Gasteiger partial charge on any atom is -0.292 e. The number of hydrogen-bond acceptors (Lipinski definition) is 5. The first-order valence-corrected chi connectivity index (χ1v) is 8.46. The van der Waals surface area contributed by atoms with Gasteiger partial charge in [-0.25, -0.2) is 8.42 Å². The number of nitrogens with zero attached hydrogens (tertiary/aromatic N) is 1. The van der Waals surface area contributed by atoms with Crippen LogP contribution < -0.4 is 0 Å². The Balaban J connectivity index is 2.11. The number of nitriles is 1. The van der Waals surface area contributed by atoms with Gasteiger partial charge in [0.2, 0.25) is 0 Å². The molecule has 2 aromatic rings. The third kappa shape index (κ3) is 3.76. The van der Waals surface area contributed by atoms with Crippen molar-refractivity contribution < 1.29 is 13.2 Å². The average Bonchev–Trinajstić information content (AvgIpc) is 2.91. The zero-order valence-electron chi connectivity index (χ0n) is 10.4. The van der Waals surface area contributed by atoms with Crippen LogP contribution in [0, 0.1) is 11.3 Å². The third-order valence-electron chi connectivity index (χ3n) is 2.59. The normalized spacial score (nSPS) is 10.9. The molecule has 0 bridgehead atoms. The molecule has 0 aliphatic carbocycles. The Bertz CT molecular complexity index is 756. The third-order valence-corrected chi connectivity index (χ3v) is 4.98. The molecule has 0 amide bonds. The smallest absolute Gasteiger partial charge is 0.187 e. The van der Waals surface area contributed by atoms with E-state index in [0.29, 0.717) is 16.0 Å². The summed E-state index contributed by atoms with van der Waals surface area (Å²) in [5.74, 6) is -1.14. The summed E-state index contributed by atoms with van der Waals surface area (Å²) in [4.78, 5) is 12.3. The van der Waals surface area contributed by atoms with Gasteiger partial charge in [0.05, 0.1) is 22.3 Å². The first kappa shape index (κ1) is 14.4. The van der Waals surface area contributed by atoms with Crippen molar-refractivity contribution in [3.8, 4) is 6.07 Å². The van der Waals surface area contributed by atoms with Crippen LogP contribution in [0.1, 0.15) is 20.8 Å². The van der Waals surface area contributed by atoms with Crippen molar-refractivity contribution in [2.45, 2.75) is 5.75 Å². The lowest BCUT2D eigenvalue weighted by atomic mass is 10.2. The maximum Gasteiger partial charge on any atom is 0.187 e. The molecule has 0 spiro atoms. The van der Waals surface area contributed by atoms with Crippen LogP contribution in [0.3, 0.4) is 0 Å². The van der Waals surface area contributed by atoms with Gasteiger partial charge in [0.15, 0.2) is 15.6 Å². The summed E-state index contributed by atoms with van der Waals surface area (Å²) >= 11 is 1.23. The largest absolute Gasteiger partial charge is 0.292 e. The molecule has 0 unspecified atom stereocenters. The predicted molar refractivity (Wildman–Crippen MR) is 77.3 cm³/mol. The number of benzene rings is 1. The van der Waals surface area contributed by atoms with E-state index in [1.165, 1.54) is 17.4 Å². The van der Waals surface area contributed by atoms with Crippen LogP contribution >= 0.6 is 11.3 Å². The highest BCUT2D eigenvalue weighted by Crippen LogP contribution is 2.14. The zero-order chi connectivity index (χ0) is 14.6. The van der Waals surface area contributed by atoms with Gasteiger partial charge in [0.25, 0.3) is 0 Å². The molecule has 4 nitrogen and oxygen atoms in total. The van der Waals surface area contributed by atoms with Crippen molar-refractivity contribution in [1.29, 1.82) is 5.26 Å². The Kier molecular flexibility index (Phi) is 4.32. The molecule has 0 fully saturated rings. The summed E-state index contributed by atoms with van der Waals surface area (Å²) in [7, 11) is -3.54. The lowest BCUT2D eigenvalue weighted by Crippen LogP contribution is -2.17. The molecule has 20 heavy (non-hydrogen) atoms. The van der Waals surface area contributed by atoms with Crippen molar-refractivity contribution in [3.05, 3.63) is 57.8 Å². The Morgan fingerprint density at radius 1 is 1.25 bits per heavy atom.